The molecule has 0 bridgehead atoms. The van der Waals surface area contributed by atoms with E-state index in [4.69, 9.17) is 4.74 Å². The fraction of sp³-hybridized carbons (Fsp3) is 0.429. The number of hydrogen-bond acceptors (Lipinski definition) is 5. The zero-order chi connectivity index (χ0) is 18.6. The third-order valence-corrected chi connectivity index (χ3v) is 5.28. The van der Waals surface area contributed by atoms with E-state index in [2.05, 4.69) is 52.3 Å². The van der Waals surface area contributed by atoms with Crippen LogP contribution in [0.4, 0.5) is 5.82 Å². The molecule has 0 aliphatic carbocycles. The molecule has 0 atom stereocenters. The van der Waals surface area contributed by atoms with Crippen LogP contribution in [-0.4, -0.2) is 58.9 Å². The van der Waals surface area contributed by atoms with Crippen LogP contribution in [0.3, 0.4) is 0 Å². The van der Waals surface area contributed by atoms with E-state index >= 15 is 0 Å². The molecule has 1 fully saturated rings. The number of nitrogens with zero attached hydrogens (tertiary/aromatic N) is 4. The van der Waals surface area contributed by atoms with Gasteiger partial charge < -0.3 is 10.1 Å². The largest absolute Gasteiger partial charge is 0.379 e. The lowest BCUT2D eigenvalue weighted by Gasteiger charge is -2.26. The van der Waals surface area contributed by atoms with E-state index in [1.54, 1.807) is 0 Å². The molecule has 1 N–H and O–H groups in total. The number of rotatable bonds is 6. The molecule has 0 unspecified atom stereocenters. The van der Waals surface area contributed by atoms with Crippen LogP contribution in [0.2, 0.25) is 0 Å². The second-order valence-electron chi connectivity index (χ2n) is 7.16. The molecule has 0 spiro atoms. The summed E-state index contributed by atoms with van der Waals surface area (Å²) in [6, 6.07) is 8.49. The minimum atomic E-state index is 0.854. The van der Waals surface area contributed by atoms with Gasteiger partial charge in [0.15, 0.2) is 5.65 Å². The smallest absolute Gasteiger partial charge is 0.165 e. The third kappa shape index (κ3) is 3.96. The zero-order valence-corrected chi connectivity index (χ0v) is 16.1. The molecule has 0 amide bonds. The van der Waals surface area contributed by atoms with Crippen LogP contribution in [0.25, 0.3) is 16.8 Å². The van der Waals surface area contributed by atoms with E-state index in [1.165, 1.54) is 11.1 Å². The molecule has 1 aliphatic heterocycles. The molecule has 1 saturated heterocycles. The molecule has 27 heavy (non-hydrogen) atoms. The van der Waals surface area contributed by atoms with Gasteiger partial charge in [-0.05, 0) is 49.6 Å². The lowest BCUT2D eigenvalue weighted by atomic mass is 10.0. The number of morpholine rings is 1. The minimum absolute atomic E-state index is 0.854. The van der Waals surface area contributed by atoms with Crippen molar-refractivity contribution >= 4 is 11.5 Å². The first-order valence-corrected chi connectivity index (χ1v) is 9.67. The molecule has 6 heteroatoms. The van der Waals surface area contributed by atoms with Crippen molar-refractivity contribution in [2.75, 3.05) is 44.7 Å². The van der Waals surface area contributed by atoms with Crippen molar-refractivity contribution in [3.63, 3.8) is 0 Å². The second-order valence-corrected chi connectivity index (χ2v) is 7.16. The van der Waals surface area contributed by atoms with Crippen LogP contribution >= 0.6 is 0 Å². The zero-order valence-electron chi connectivity index (χ0n) is 16.1. The van der Waals surface area contributed by atoms with Crippen LogP contribution in [0.15, 0.2) is 36.7 Å². The predicted molar refractivity (Wildman–Crippen MR) is 108 cm³/mol. The second kappa shape index (κ2) is 8.06. The van der Waals surface area contributed by atoms with E-state index in [0.29, 0.717) is 0 Å². The number of aromatic nitrogens is 3. The van der Waals surface area contributed by atoms with Crippen molar-refractivity contribution in [1.82, 2.24) is 19.5 Å². The molecule has 4 rings (SSSR count). The third-order valence-electron chi connectivity index (χ3n) is 5.28. The highest BCUT2D eigenvalue weighted by Crippen LogP contribution is 2.26. The van der Waals surface area contributed by atoms with Gasteiger partial charge in [0, 0.05) is 31.4 Å². The van der Waals surface area contributed by atoms with Crippen molar-refractivity contribution in [2.45, 2.75) is 20.3 Å². The summed E-state index contributed by atoms with van der Waals surface area (Å²) in [6.45, 7) is 10.1. The molecule has 0 saturated carbocycles. The highest BCUT2D eigenvalue weighted by atomic mass is 16.5. The highest BCUT2D eigenvalue weighted by molar-refractivity contribution is 5.78. The number of benzene rings is 1. The summed E-state index contributed by atoms with van der Waals surface area (Å²) in [5.41, 5.74) is 5.69. The maximum Gasteiger partial charge on any atom is 0.165 e. The monoisotopic (exact) mass is 365 g/mol. The van der Waals surface area contributed by atoms with Crippen LogP contribution in [0.5, 0.6) is 0 Å². The molecule has 2 aromatic heterocycles. The number of nitrogens with one attached hydrogen (secondary N) is 1. The molecule has 3 aromatic rings. The quantitative estimate of drug-likeness (QED) is 0.680. The molecule has 6 nitrogen and oxygen atoms in total. The molecule has 1 aromatic carbocycles. The van der Waals surface area contributed by atoms with Gasteiger partial charge >= 0.3 is 0 Å². The van der Waals surface area contributed by atoms with Crippen LogP contribution in [-0.2, 0) is 4.74 Å². The fourth-order valence-electron chi connectivity index (χ4n) is 3.48. The van der Waals surface area contributed by atoms with Gasteiger partial charge in [0.05, 0.1) is 19.4 Å². The maximum atomic E-state index is 5.40. The summed E-state index contributed by atoms with van der Waals surface area (Å²) >= 11 is 0. The Morgan fingerprint density at radius 1 is 1.11 bits per heavy atom. The van der Waals surface area contributed by atoms with Gasteiger partial charge in [0.1, 0.15) is 5.82 Å². The Morgan fingerprint density at radius 2 is 1.96 bits per heavy atom. The number of ether oxygens (including phenoxy) is 1. The molecule has 3 heterocycles. The average molecular weight is 365 g/mol. The molecule has 142 valence electrons. The first-order chi connectivity index (χ1) is 13.2. The number of aryl methyl sites for hydroxylation is 2. The van der Waals surface area contributed by atoms with Crippen molar-refractivity contribution in [3.05, 3.63) is 47.8 Å². The first-order valence-electron chi connectivity index (χ1n) is 9.67. The average Bonchev–Trinajstić information content (AvgIpc) is 3.13. The van der Waals surface area contributed by atoms with Gasteiger partial charge in [0.2, 0.25) is 0 Å². The van der Waals surface area contributed by atoms with Crippen LogP contribution in [0, 0.1) is 13.8 Å². The van der Waals surface area contributed by atoms with Crippen LogP contribution in [0.1, 0.15) is 17.5 Å². The first kappa shape index (κ1) is 17.9. The molecular formula is C21H27N5O. The number of fused-ring (bicyclic) bond motifs is 1. The standard InChI is InChI=1S/C21H27N5O/c1-16-4-5-18(14-17(16)2)19-15-24-26-20(6-8-23-21(19)26)22-7-3-9-25-10-12-27-13-11-25/h4-6,8,14-15,22H,3,7,9-13H2,1-2H3. The summed E-state index contributed by atoms with van der Waals surface area (Å²) in [5, 5.41) is 8.10. The van der Waals surface area contributed by atoms with E-state index in [1.807, 2.05) is 23.0 Å². The summed E-state index contributed by atoms with van der Waals surface area (Å²) < 4.78 is 7.30. The van der Waals surface area contributed by atoms with Gasteiger partial charge in [-0.15, -0.1) is 0 Å². The topological polar surface area (TPSA) is 54.7 Å². The van der Waals surface area contributed by atoms with Gasteiger partial charge in [0.25, 0.3) is 0 Å². The van der Waals surface area contributed by atoms with Crippen molar-refractivity contribution < 1.29 is 4.74 Å². The van der Waals surface area contributed by atoms with E-state index in [-0.39, 0.29) is 0 Å². The molecule has 1 aliphatic rings. The molecule has 0 radical (unpaired) electrons. The van der Waals surface area contributed by atoms with Crippen molar-refractivity contribution in [3.8, 4) is 11.1 Å². The van der Waals surface area contributed by atoms with Gasteiger partial charge in [-0.1, -0.05) is 18.2 Å². The van der Waals surface area contributed by atoms with Crippen molar-refractivity contribution in [1.29, 1.82) is 0 Å². The predicted octanol–water partition coefficient (Wildman–Crippen LogP) is 3.15. The summed E-state index contributed by atoms with van der Waals surface area (Å²) in [5.74, 6) is 0.983. The Morgan fingerprint density at radius 3 is 2.78 bits per heavy atom. The fourth-order valence-corrected chi connectivity index (χ4v) is 3.48. The highest BCUT2D eigenvalue weighted by Gasteiger charge is 2.12. The van der Waals surface area contributed by atoms with Crippen LogP contribution < -0.4 is 5.32 Å². The Hall–Kier alpha value is -2.44. The van der Waals surface area contributed by atoms with Gasteiger partial charge in [-0.3, -0.25) is 4.90 Å². The van der Waals surface area contributed by atoms with Gasteiger partial charge in [-0.2, -0.15) is 9.61 Å². The lowest BCUT2D eigenvalue weighted by molar-refractivity contribution is 0.0378. The Kier molecular flexibility index (Phi) is 5.36. The maximum absolute atomic E-state index is 5.40. The Balaban J connectivity index is 1.46. The number of anilines is 1. The van der Waals surface area contributed by atoms with Crippen molar-refractivity contribution in [2.24, 2.45) is 0 Å². The SMILES string of the molecule is Cc1ccc(-c2cnn3c(NCCCN4CCOCC4)ccnc23)cc1C. The summed E-state index contributed by atoms with van der Waals surface area (Å²) in [4.78, 5) is 7.03. The number of hydrogen-bond donors (Lipinski definition) is 1. The van der Waals surface area contributed by atoms with E-state index in [9.17, 15) is 0 Å². The summed E-state index contributed by atoms with van der Waals surface area (Å²) in [7, 11) is 0. The lowest BCUT2D eigenvalue weighted by Crippen LogP contribution is -2.37. The van der Waals surface area contributed by atoms with E-state index in [0.717, 1.165) is 68.4 Å². The molecular weight excluding hydrogens is 338 g/mol. The van der Waals surface area contributed by atoms with Gasteiger partial charge in [-0.25, -0.2) is 4.98 Å². The van der Waals surface area contributed by atoms with E-state index < -0.39 is 0 Å². The Bertz CT molecular complexity index is 914. The minimum Gasteiger partial charge on any atom is -0.379 e. The Labute approximate surface area is 160 Å². The normalized spacial score (nSPS) is 15.3. The summed E-state index contributed by atoms with van der Waals surface area (Å²) in [6.07, 6.45) is 4.85.